The quantitative estimate of drug-likeness (QED) is 0.495. The molecule has 5 heteroatoms. The summed E-state index contributed by atoms with van der Waals surface area (Å²) in [4.78, 5) is 0. The van der Waals surface area contributed by atoms with Crippen LogP contribution in [0, 0.1) is 0 Å². The van der Waals surface area contributed by atoms with Crippen LogP contribution in [0.4, 0.5) is 13.2 Å². The number of ether oxygens (including phenoxy) is 1. The van der Waals surface area contributed by atoms with Gasteiger partial charge in [0.2, 0.25) is 0 Å². The van der Waals surface area contributed by atoms with Gasteiger partial charge in [0.05, 0.1) is 19.8 Å². The molecule has 0 aliphatic carbocycles. The molecule has 0 bridgehead atoms. The van der Waals surface area contributed by atoms with Crippen LogP contribution in [-0.4, -0.2) is 32.5 Å². The highest BCUT2D eigenvalue weighted by atomic mass is 19.4. The lowest BCUT2D eigenvalue weighted by Crippen LogP contribution is -2.31. The van der Waals surface area contributed by atoms with E-state index in [0.29, 0.717) is 13.2 Å². The molecule has 0 fully saturated rings. The summed E-state index contributed by atoms with van der Waals surface area (Å²) >= 11 is 0. The highest BCUT2D eigenvalue weighted by Gasteiger charge is 2.25. The van der Waals surface area contributed by atoms with Crippen molar-refractivity contribution in [1.82, 2.24) is 5.32 Å². The maximum Gasteiger partial charge on any atom is 0.401 e. The van der Waals surface area contributed by atoms with Gasteiger partial charge in [-0.1, -0.05) is 6.08 Å². The van der Waals surface area contributed by atoms with Gasteiger partial charge in [-0.05, 0) is 6.42 Å². The van der Waals surface area contributed by atoms with Crippen LogP contribution in [0.1, 0.15) is 6.42 Å². The van der Waals surface area contributed by atoms with E-state index in [1.54, 1.807) is 6.08 Å². The topological polar surface area (TPSA) is 21.3 Å². The van der Waals surface area contributed by atoms with Crippen LogP contribution in [-0.2, 0) is 4.74 Å². The first-order valence-corrected chi connectivity index (χ1v) is 4.02. The Morgan fingerprint density at radius 2 is 2.00 bits per heavy atom. The summed E-state index contributed by atoms with van der Waals surface area (Å²) in [6, 6.07) is 0. The van der Waals surface area contributed by atoms with E-state index in [1.807, 2.05) is 0 Å². The van der Waals surface area contributed by atoms with Crippen LogP contribution in [0.15, 0.2) is 12.7 Å². The van der Waals surface area contributed by atoms with Crippen molar-refractivity contribution in [2.45, 2.75) is 12.6 Å². The van der Waals surface area contributed by atoms with Crippen molar-refractivity contribution in [2.24, 2.45) is 0 Å². The second-order valence-corrected chi connectivity index (χ2v) is 2.48. The molecule has 0 rings (SSSR count). The predicted octanol–water partition coefficient (Wildman–Crippen LogP) is 1.73. The van der Waals surface area contributed by atoms with Crippen molar-refractivity contribution in [3.05, 3.63) is 12.7 Å². The number of halogens is 3. The molecule has 13 heavy (non-hydrogen) atoms. The van der Waals surface area contributed by atoms with E-state index in [1.165, 1.54) is 0 Å². The minimum absolute atomic E-state index is 0.219. The first kappa shape index (κ1) is 12.4. The Morgan fingerprint density at radius 3 is 2.54 bits per heavy atom. The van der Waals surface area contributed by atoms with Gasteiger partial charge in [-0.15, -0.1) is 6.58 Å². The molecule has 0 saturated heterocycles. The van der Waals surface area contributed by atoms with Gasteiger partial charge in [-0.25, -0.2) is 0 Å². The maximum absolute atomic E-state index is 11.6. The minimum atomic E-state index is -4.14. The number of alkyl halides is 3. The molecule has 0 unspecified atom stereocenters. The summed E-state index contributed by atoms with van der Waals surface area (Å²) in [5, 5.41) is 2.23. The molecule has 0 spiro atoms. The summed E-state index contributed by atoms with van der Waals surface area (Å²) in [6.45, 7) is 3.55. The molecule has 0 aliphatic rings. The first-order valence-electron chi connectivity index (χ1n) is 4.02. The monoisotopic (exact) mass is 197 g/mol. The number of rotatable bonds is 7. The van der Waals surface area contributed by atoms with Crippen LogP contribution >= 0.6 is 0 Å². The SMILES string of the molecule is C=CCCOCCNCC(F)(F)F. The zero-order valence-corrected chi connectivity index (χ0v) is 7.36. The third-order valence-corrected chi connectivity index (χ3v) is 1.21. The summed E-state index contributed by atoms with van der Waals surface area (Å²) in [7, 11) is 0. The Kier molecular flexibility index (Phi) is 6.62. The van der Waals surface area contributed by atoms with Gasteiger partial charge in [0, 0.05) is 6.54 Å². The molecule has 78 valence electrons. The fourth-order valence-electron chi connectivity index (χ4n) is 0.643. The highest BCUT2D eigenvalue weighted by molar-refractivity contribution is 4.64. The largest absolute Gasteiger partial charge is 0.401 e. The van der Waals surface area contributed by atoms with Gasteiger partial charge in [-0.3, -0.25) is 0 Å². The minimum Gasteiger partial charge on any atom is -0.380 e. The van der Waals surface area contributed by atoms with Crippen LogP contribution < -0.4 is 5.32 Å². The van der Waals surface area contributed by atoms with Crippen LogP contribution in [0.5, 0.6) is 0 Å². The predicted molar refractivity (Wildman–Crippen MR) is 44.6 cm³/mol. The van der Waals surface area contributed by atoms with Gasteiger partial charge >= 0.3 is 6.18 Å². The maximum atomic E-state index is 11.6. The molecule has 0 radical (unpaired) electrons. The Morgan fingerprint density at radius 1 is 1.31 bits per heavy atom. The number of hydrogen-bond acceptors (Lipinski definition) is 2. The molecule has 0 aliphatic heterocycles. The summed E-state index contributed by atoms with van der Waals surface area (Å²) in [5.74, 6) is 0. The van der Waals surface area contributed by atoms with Crippen molar-refractivity contribution in [2.75, 3.05) is 26.3 Å². The summed E-state index contributed by atoms with van der Waals surface area (Å²) < 4.78 is 39.7. The lowest BCUT2D eigenvalue weighted by molar-refractivity contribution is -0.125. The molecule has 1 N–H and O–H groups in total. The Bertz CT molecular complexity index is 136. The molecule has 0 aromatic heterocycles. The van der Waals surface area contributed by atoms with E-state index in [4.69, 9.17) is 4.74 Å². The molecule has 0 heterocycles. The summed E-state index contributed by atoms with van der Waals surface area (Å²) in [5.41, 5.74) is 0. The molecular formula is C8H14F3NO. The van der Waals surface area contributed by atoms with Crippen LogP contribution in [0.25, 0.3) is 0 Å². The van der Waals surface area contributed by atoms with Gasteiger partial charge in [0.15, 0.2) is 0 Å². The van der Waals surface area contributed by atoms with Gasteiger partial charge in [-0.2, -0.15) is 13.2 Å². The Balaban J connectivity index is 3.04. The van der Waals surface area contributed by atoms with Gasteiger partial charge in [0.1, 0.15) is 0 Å². The van der Waals surface area contributed by atoms with Crippen molar-refractivity contribution in [1.29, 1.82) is 0 Å². The molecule has 0 atom stereocenters. The zero-order valence-electron chi connectivity index (χ0n) is 7.36. The van der Waals surface area contributed by atoms with E-state index in [-0.39, 0.29) is 6.54 Å². The van der Waals surface area contributed by atoms with Crippen molar-refractivity contribution < 1.29 is 17.9 Å². The molecule has 2 nitrogen and oxygen atoms in total. The lowest BCUT2D eigenvalue weighted by Gasteiger charge is -2.07. The normalized spacial score (nSPS) is 11.6. The summed E-state index contributed by atoms with van der Waals surface area (Å²) in [6.07, 6.45) is -1.72. The molecular weight excluding hydrogens is 183 g/mol. The number of hydrogen-bond donors (Lipinski definition) is 1. The lowest BCUT2D eigenvalue weighted by atomic mass is 10.4. The first-order chi connectivity index (χ1) is 6.06. The average molecular weight is 197 g/mol. The fraction of sp³-hybridized carbons (Fsp3) is 0.750. The van der Waals surface area contributed by atoms with Gasteiger partial charge < -0.3 is 10.1 Å². The smallest absolute Gasteiger partial charge is 0.380 e. The van der Waals surface area contributed by atoms with Crippen LogP contribution in [0.3, 0.4) is 0 Å². The fourth-order valence-corrected chi connectivity index (χ4v) is 0.643. The second kappa shape index (κ2) is 6.91. The van der Waals surface area contributed by atoms with Crippen molar-refractivity contribution in [3.8, 4) is 0 Å². The molecule has 0 aromatic carbocycles. The van der Waals surface area contributed by atoms with E-state index in [2.05, 4.69) is 11.9 Å². The van der Waals surface area contributed by atoms with Gasteiger partial charge in [0.25, 0.3) is 0 Å². The van der Waals surface area contributed by atoms with E-state index < -0.39 is 12.7 Å². The third kappa shape index (κ3) is 11.5. The zero-order chi connectivity index (χ0) is 10.2. The number of nitrogens with one attached hydrogen (secondary N) is 1. The third-order valence-electron chi connectivity index (χ3n) is 1.21. The van der Waals surface area contributed by atoms with Crippen molar-refractivity contribution >= 4 is 0 Å². The van der Waals surface area contributed by atoms with Crippen molar-refractivity contribution in [3.63, 3.8) is 0 Å². The Labute approximate surface area is 75.8 Å². The average Bonchev–Trinajstić information content (AvgIpc) is 2.01. The van der Waals surface area contributed by atoms with E-state index in [0.717, 1.165) is 6.42 Å². The van der Waals surface area contributed by atoms with E-state index >= 15 is 0 Å². The molecule has 0 amide bonds. The molecule has 0 saturated carbocycles. The highest BCUT2D eigenvalue weighted by Crippen LogP contribution is 2.11. The van der Waals surface area contributed by atoms with E-state index in [9.17, 15) is 13.2 Å². The standard InChI is InChI=1S/C8H14F3NO/c1-2-3-5-13-6-4-12-7-8(9,10)11/h2,12H,1,3-7H2. The molecule has 0 aromatic rings. The second-order valence-electron chi connectivity index (χ2n) is 2.48. The van der Waals surface area contributed by atoms with Crippen LogP contribution in [0.2, 0.25) is 0 Å². The Hall–Kier alpha value is -0.550.